The Balaban J connectivity index is 1.83. The van der Waals surface area contributed by atoms with Crippen LogP contribution in [0.5, 0.6) is 0 Å². The summed E-state index contributed by atoms with van der Waals surface area (Å²) in [5, 5.41) is 2.31. The van der Waals surface area contributed by atoms with Crippen LogP contribution in [0.3, 0.4) is 0 Å². The van der Waals surface area contributed by atoms with Gasteiger partial charge in [0.25, 0.3) is 0 Å². The van der Waals surface area contributed by atoms with Crippen LogP contribution >= 0.6 is 11.6 Å². The number of halogens is 1. The smallest absolute Gasteiger partial charge is 0.238 e. The van der Waals surface area contributed by atoms with Crippen LogP contribution in [0.4, 0.5) is 0 Å². The molecule has 3 heteroatoms. The summed E-state index contributed by atoms with van der Waals surface area (Å²) >= 11 is 6.12. The van der Waals surface area contributed by atoms with Crippen LogP contribution in [0.2, 0.25) is 0 Å². The molecular formula is C16H16ClNO. The number of nitrogens with one attached hydrogen (secondary N) is 1. The van der Waals surface area contributed by atoms with Crippen molar-refractivity contribution < 1.29 is 4.79 Å². The Hall–Kier alpha value is -1.80. The first kappa shape index (κ1) is 13.6. The van der Waals surface area contributed by atoms with Crippen LogP contribution in [0.25, 0.3) is 0 Å². The third-order valence-electron chi connectivity index (χ3n) is 2.85. The van der Waals surface area contributed by atoms with E-state index in [1.165, 1.54) is 0 Å². The summed E-state index contributed by atoms with van der Waals surface area (Å²) in [4.78, 5) is 11.9. The third-order valence-corrected chi connectivity index (χ3v) is 3.20. The number of rotatable bonds is 5. The topological polar surface area (TPSA) is 29.1 Å². The van der Waals surface area contributed by atoms with E-state index in [4.69, 9.17) is 11.6 Å². The molecule has 1 amide bonds. The number of amides is 1. The molecule has 2 nitrogen and oxygen atoms in total. The molecule has 0 spiro atoms. The van der Waals surface area contributed by atoms with Gasteiger partial charge < -0.3 is 5.32 Å². The molecule has 1 N–H and O–H groups in total. The summed E-state index contributed by atoms with van der Waals surface area (Å²) in [6.45, 7) is 0.512. The summed E-state index contributed by atoms with van der Waals surface area (Å²) in [7, 11) is 0. The first-order valence-corrected chi connectivity index (χ1v) is 6.69. The maximum atomic E-state index is 11.9. The van der Waals surface area contributed by atoms with E-state index in [9.17, 15) is 4.79 Å². The van der Waals surface area contributed by atoms with Crippen molar-refractivity contribution >= 4 is 17.5 Å². The average Bonchev–Trinajstić information content (AvgIpc) is 2.47. The van der Waals surface area contributed by atoms with Gasteiger partial charge in [-0.3, -0.25) is 4.79 Å². The molecule has 0 bridgehead atoms. The number of carbonyl (C=O) groups is 1. The highest BCUT2D eigenvalue weighted by Gasteiger charge is 2.15. The molecule has 1 atom stereocenters. The lowest BCUT2D eigenvalue weighted by Crippen LogP contribution is -2.32. The van der Waals surface area contributed by atoms with Crippen LogP contribution in [-0.4, -0.2) is 11.3 Å². The maximum absolute atomic E-state index is 11.9. The minimum Gasteiger partial charge on any atom is -0.351 e. The van der Waals surface area contributed by atoms with E-state index in [1.54, 1.807) is 0 Å². The standard InChI is InChI=1S/C16H16ClNO/c17-15(11-13-7-3-1-4-8-13)16(19)18-12-14-9-5-2-6-10-14/h1-10,15H,11-12H2,(H,18,19)/t15-/m0/s1. The van der Waals surface area contributed by atoms with Crippen molar-refractivity contribution in [3.63, 3.8) is 0 Å². The average molecular weight is 274 g/mol. The van der Waals surface area contributed by atoms with Crippen LogP contribution in [-0.2, 0) is 17.8 Å². The van der Waals surface area contributed by atoms with Crippen LogP contribution in [0.1, 0.15) is 11.1 Å². The van der Waals surface area contributed by atoms with E-state index < -0.39 is 5.38 Å². The lowest BCUT2D eigenvalue weighted by atomic mass is 10.1. The molecular weight excluding hydrogens is 258 g/mol. The normalized spacial score (nSPS) is 11.8. The van der Waals surface area contributed by atoms with Crippen molar-refractivity contribution in [1.29, 1.82) is 0 Å². The lowest BCUT2D eigenvalue weighted by molar-refractivity contribution is -0.120. The van der Waals surface area contributed by atoms with Crippen LogP contribution < -0.4 is 5.32 Å². The summed E-state index contributed by atoms with van der Waals surface area (Å²) < 4.78 is 0. The van der Waals surface area contributed by atoms with Crippen molar-refractivity contribution in [2.45, 2.75) is 18.3 Å². The second-order valence-electron chi connectivity index (χ2n) is 4.36. The Bertz CT molecular complexity index is 513. The SMILES string of the molecule is O=C(NCc1ccccc1)[C@@H](Cl)Cc1ccccc1. The zero-order valence-corrected chi connectivity index (χ0v) is 11.3. The van der Waals surface area contributed by atoms with Crippen molar-refractivity contribution in [1.82, 2.24) is 5.32 Å². The summed E-state index contributed by atoms with van der Waals surface area (Å²) in [6, 6.07) is 19.6. The highest BCUT2D eigenvalue weighted by atomic mass is 35.5. The highest BCUT2D eigenvalue weighted by Crippen LogP contribution is 2.08. The monoisotopic (exact) mass is 273 g/mol. The van der Waals surface area contributed by atoms with Crippen molar-refractivity contribution in [2.24, 2.45) is 0 Å². The van der Waals surface area contributed by atoms with Gasteiger partial charge >= 0.3 is 0 Å². The second-order valence-corrected chi connectivity index (χ2v) is 4.89. The molecule has 0 saturated carbocycles. The van der Waals surface area contributed by atoms with Gasteiger partial charge in [-0.25, -0.2) is 0 Å². The zero-order chi connectivity index (χ0) is 13.5. The summed E-state index contributed by atoms with van der Waals surface area (Å²) in [6.07, 6.45) is 0.545. The van der Waals surface area contributed by atoms with Crippen molar-refractivity contribution in [2.75, 3.05) is 0 Å². The van der Waals surface area contributed by atoms with Gasteiger partial charge in [0.15, 0.2) is 0 Å². The van der Waals surface area contributed by atoms with Gasteiger partial charge in [-0.1, -0.05) is 60.7 Å². The van der Waals surface area contributed by atoms with Crippen LogP contribution in [0.15, 0.2) is 60.7 Å². The van der Waals surface area contributed by atoms with E-state index >= 15 is 0 Å². The van der Waals surface area contributed by atoms with E-state index in [-0.39, 0.29) is 5.91 Å². The Morgan fingerprint density at radius 1 is 0.947 bits per heavy atom. The Morgan fingerprint density at radius 2 is 1.47 bits per heavy atom. The number of hydrogen-bond acceptors (Lipinski definition) is 1. The second kappa shape index (κ2) is 6.95. The molecule has 0 fully saturated rings. The highest BCUT2D eigenvalue weighted by molar-refractivity contribution is 6.30. The largest absolute Gasteiger partial charge is 0.351 e. The minimum atomic E-state index is -0.536. The number of carbonyl (C=O) groups excluding carboxylic acids is 1. The first-order valence-electron chi connectivity index (χ1n) is 6.25. The van der Waals surface area contributed by atoms with Crippen molar-refractivity contribution in [3.8, 4) is 0 Å². The van der Waals surface area contributed by atoms with E-state index in [0.717, 1.165) is 11.1 Å². The van der Waals surface area contributed by atoms with E-state index in [0.29, 0.717) is 13.0 Å². The van der Waals surface area contributed by atoms with Gasteiger partial charge in [0.2, 0.25) is 5.91 Å². The molecule has 98 valence electrons. The Labute approximate surface area is 118 Å². The van der Waals surface area contributed by atoms with Gasteiger partial charge in [0.1, 0.15) is 5.38 Å². The molecule has 0 aromatic heterocycles. The quantitative estimate of drug-likeness (QED) is 0.833. The van der Waals surface area contributed by atoms with E-state index in [1.807, 2.05) is 60.7 Å². The fourth-order valence-electron chi connectivity index (χ4n) is 1.81. The van der Waals surface area contributed by atoms with Gasteiger partial charge in [0.05, 0.1) is 0 Å². The maximum Gasteiger partial charge on any atom is 0.238 e. The number of hydrogen-bond donors (Lipinski definition) is 1. The molecule has 0 heterocycles. The molecule has 19 heavy (non-hydrogen) atoms. The molecule has 0 aliphatic carbocycles. The molecule has 0 aliphatic heterocycles. The zero-order valence-electron chi connectivity index (χ0n) is 10.6. The van der Waals surface area contributed by atoms with Gasteiger partial charge in [-0.2, -0.15) is 0 Å². The predicted octanol–water partition coefficient (Wildman–Crippen LogP) is 3.15. The fourth-order valence-corrected chi connectivity index (χ4v) is 2.06. The van der Waals surface area contributed by atoms with Crippen LogP contribution in [0, 0.1) is 0 Å². The molecule has 2 rings (SSSR count). The fraction of sp³-hybridized carbons (Fsp3) is 0.188. The van der Waals surface area contributed by atoms with E-state index in [2.05, 4.69) is 5.32 Å². The Morgan fingerprint density at radius 3 is 2.05 bits per heavy atom. The summed E-state index contributed by atoms with van der Waals surface area (Å²) in [5.41, 5.74) is 2.14. The molecule has 0 aliphatic rings. The predicted molar refractivity (Wildman–Crippen MR) is 78.1 cm³/mol. The summed E-state index contributed by atoms with van der Waals surface area (Å²) in [5.74, 6) is -0.130. The van der Waals surface area contributed by atoms with Gasteiger partial charge in [-0.15, -0.1) is 11.6 Å². The first-order chi connectivity index (χ1) is 9.25. The van der Waals surface area contributed by atoms with Gasteiger partial charge in [-0.05, 0) is 17.5 Å². The van der Waals surface area contributed by atoms with Gasteiger partial charge in [0, 0.05) is 6.54 Å². The third kappa shape index (κ3) is 4.42. The number of benzene rings is 2. The molecule has 2 aromatic carbocycles. The van der Waals surface area contributed by atoms with Crippen molar-refractivity contribution in [3.05, 3.63) is 71.8 Å². The lowest BCUT2D eigenvalue weighted by Gasteiger charge is -2.10. The Kier molecular flexibility index (Phi) is 4.99. The molecule has 0 saturated heterocycles. The number of alkyl halides is 1. The molecule has 2 aromatic rings. The molecule has 0 radical (unpaired) electrons. The molecule has 0 unspecified atom stereocenters. The minimum absolute atomic E-state index is 0.130.